The van der Waals surface area contributed by atoms with Crippen molar-refractivity contribution in [3.05, 3.63) is 46.7 Å². The van der Waals surface area contributed by atoms with Gasteiger partial charge < -0.3 is 24.1 Å². The van der Waals surface area contributed by atoms with Crippen LogP contribution in [0.3, 0.4) is 0 Å². The molecule has 5 heteroatoms. The number of benzene rings is 1. The average molecular weight is 471 g/mol. The van der Waals surface area contributed by atoms with E-state index in [2.05, 4.69) is 32.9 Å². The SMILES string of the molecule is COc1cc(C)c(OC)c(C/C=C(\C)CC2=C[C@]3(C)CCC[C@]3(C)[C@@]3(C[C@@H](O)C(C)(C)O3)O2)c1. The highest BCUT2D eigenvalue weighted by molar-refractivity contribution is 5.47. The van der Waals surface area contributed by atoms with Gasteiger partial charge in [-0.25, -0.2) is 0 Å². The smallest absolute Gasteiger partial charge is 0.219 e. The molecule has 1 saturated heterocycles. The normalized spacial score (nSPS) is 34.6. The summed E-state index contributed by atoms with van der Waals surface area (Å²) in [5.41, 5.74) is 2.59. The minimum Gasteiger partial charge on any atom is -0.497 e. The number of allylic oxidation sites excluding steroid dienone is 3. The summed E-state index contributed by atoms with van der Waals surface area (Å²) < 4.78 is 24.5. The van der Waals surface area contributed by atoms with E-state index in [0.29, 0.717) is 6.42 Å². The van der Waals surface area contributed by atoms with Crippen molar-refractivity contribution in [1.29, 1.82) is 0 Å². The topological polar surface area (TPSA) is 57.2 Å². The zero-order valence-corrected chi connectivity index (χ0v) is 22.2. The van der Waals surface area contributed by atoms with Crippen molar-refractivity contribution in [3.63, 3.8) is 0 Å². The largest absolute Gasteiger partial charge is 0.497 e. The molecular formula is C29H42O5. The van der Waals surface area contributed by atoms with E-state index >= 15 is 0 Å². The summed E-state index contributed by atoms with van der Waals surface area (Å²) in [6.07, 6.45) is 9.32. The van der Waals surface area contributed by atoms with Crippen LogP contribution >= 0.6 is 0 Å². The van der Waals surface area contributed by atoms with Crippen molar-refractivity contribution >= 4 is 0 Å². The van der Waals surface area contributed by atoms with Gasteiger partial charge in [0.1, 0.15) is 17.3 Å². The highest BCUT2D eigenvalue weighted by Crippen LogP contribution is 2.67. The third-order valence-corrected chi connectivity index (χ3v) is 8.83. The van der Waals surface area contributed by atoms with Crippen molar-refractivity contribution in [2.45, 2.75) is 97.6 Å². The summed E-state index contributed by atoms with van der Waals surface area (Å²) in [6, 6.07) is 4.04. The van der Waals surface area contributed by atoms with Gasteiger partial charge in [-0.2, -0.15) is 0 Å². The lowest BCUT2D eigenvalue weighted by molar-refractivity contribution is -0.309. The zero-order valence-electron chi connectivity index (χ0n) is 22.2. The first kappa shape index (κ1) is 25.1. The summed E-state index contributed by atoms with van der Waals surface area (Å²) in [5, 5.41) is 10.8. The van der Waals surface area contributed by atoms with Crippen LogP contribution in [0.4, 0.5) is 0 Å². The summed E-state index contributed by atoms with van der Waals surface area (Å²) >= 11 is 0. The maximum Gasteiger partial charge on any atom is 0.219 e. The third-order valence-electron chi connectivity index (χ3n) is 8.83. The number of aryl methyl sites for hydroxylation is 1. The van der Waals surface area contributed by atoms with Gasteiger partial charge in [-0.3, -0.25) is 0 Å². The quantitative estimate of drug-likeness (QED) is 0.498. The number of rotatable bonds is 6. The minimum atomic E-state index is -0.793. The van der Waals surface area contributed by atoms with Crippen molar-refractivity contribution in [1.82, 2.24) is 0 Å². The van der Waals surface area contributed by atoms with Crippen molar-refractivity contribution < 1.29 is 24.1 Å². The molecule has 34 heavy (non-hydrogen) atoms. The number of hydrogen-bond acceptors (Lipinski definition) is 5. The number of fused-ring (bicyclic) bond motifs is 2. The molecule has 1 aromatic rings. The molecule has 2 heterocycles. The van der Waals surface area contributed by atoms with Crippen LogP contribution in [0.1, 0.15) is 77.8 Å². The van der Waals surface area contributed by atoms with Gasteiger partial charge in [0.2, 0.25) is 5.79 Å². The lowest BCUT2D eigenvalue weighted by Gasteiger charge is -2.54. The van der Waals surface area contributed by atoms with E-state index < -0.39 is 17.5 Å². The summed E-state index contributed by atoms with van der Waals surface area (Å²) in [4.78, 5) is 0. The van der Waals surface area contributed by atoms with E-state index in [4.69, 9.17) is 18.9 Å². The first-order valence-electron chi connectivity index (χ1n) is 12.5. The molecule has 0 amide bonds. The molecule has 0 aromatic heterocycles. The summed E-state index contributed by atoms with van der Waals surface area (Å²) in [5.74, 6) is 1.90. The Bertz CT molecular complexity index is 1010. The highest BCUT2D eigenvalue weighted by Gasteiger charge is 2.69. The Hall–Kier alpha value is -1.98. The molecular weight excluding hydrogens is 428 g/mol. The highest BCUT2D eigenvalue weighted by atomic mass is 16.7. The molecule has 188 valence electrons. The second kappa shape index (κ2) is 8.60. The van der Waals surface area contributed by atoms with E-state index in [0.717, 1.165) is 60.5 Å². The van der Waals surface area contributed by atoms with Crippen LogP contribution in [0.25, 0.3) is 0 Å². The fraction of sp³-hybridized carbons (Fsp3) is 0.655. The maximum absolute atomic E-state index is 10.8. The molecule has 2 aliphatic heterocycles. The Balaban J connectivity index is 1.60. The van der Waals surface area contributed by atoms with Gasteiger partial charge >= 0.3 is 0 Å². The number of methoxy groups -OCH3 is 2. The second-order valence-electron chi connectivity index (χ2n) is 11.6. The van der Waals surface area contributed by atoms with Gasteiger partial charge in [0.05, 0.1) is 25.9 Å². The number of aliphatic hydroxyl groups is 1. The lowest BCUT2D eigenvalue weighted by Crippen LogP contribution is -2.57. The Morgan fingerprint density at radius 1 is 1.15 bits per heavy atom. The monoisotopic (exact) mass is 470 g/mol. The van der Waals surface area contributed by atoms with Crippen LogP contribution in [0, 0.1) is 17.8 Å². The van der Waals surface area contributed by atoms with Gasteiger partial charge in [-0.05, 0) is 70.7 Å². The van der Waals surface area contributed by atoms with E-state index in [1.807, 2.05) is 32.9 Å². The minimum absolute atomic E-state index is 0.0197. The van der Waals surface area contributed by atoms with Gasteiger partial charge in [0.15, 0.2) is 0 Å². The van der Waals surface area contributed by atoms with E-state index in [9.17, 15) is 5.11 Å². The van der Waals surface area contributed by atoms with Crippen molar-refractivity contribution in [3.8, 4) is 11.5 Å². The van der Waals surface area contributed by atoms with Crippen LogP contribution in [-0.2, 0) is 15.9 Å². The molecule has 1 saturated carbocycles. The summed E-state index contributed by atoms with van der Waals surface area (Å²) in [6.45, 7) is 12.8. The molecule has 1 spiro atoms. The second-order valence-corrected chi connectivity index (χ2v) is 11.6. The number of hydrogen-bond donors (Lipinski definition) is 1. The predicted molar refractivity (Wildman–Crippen MR) is 134 cm³/mol. The molecule has 0 radical (unpaired) electrons. The van der Waals surface area contributed by atoms with E-state index in [-0.39, 0.29) is 10.8 Å². The van der Waals surface area contributed by atoms with Crippen LogP contribution in [0.5, 0.6) is 11.5 Å². The predicted octanol–water partition coefficient (Wildman–Crippen LogP) is 6.26. The van der Waals surface area contributed by atoms with Crippen molar-refractivity contribution in [2.75, 3.05) is 14.2 Å². The Labute approximate surface area is 205 Å². The fourth-order valence-electron chi connectivity index (χ4n) is 6.46. The lowest BCUT2D eigenvalue weighted by atomic mass is 9.60. The van der Waals surface area contributed by atoms with Crippen molar-refractivity contribution in [2.24, 2.45) is 10.8 Å². The molecule has 4 rings (SSSR count). The van der Waals surface area contributed by atoms with Gasteiger partial charge in [0.25, 0.3) is 0 Å². The van der Waals surface area contributed by atoms with Crippen LogP contribution in [0.15, 0.2) is 35.6 Å². The molecule has 0 unspecified atom stereocenters. The first-order valence-corrected chi connectivity index (χ1v) is 12.5. The number of aliphatic hydroxyl groups excluding tert-OH is 1. The number of ether oxygens (including phenoxy) is 4. The van der Waals surface area contributed by atoms with Gasteiger partial charge in [0, 0.05) is 29.2 Å². The molecule has 2 fully saturated rings. The Morgan fingerprint density at radius 3 is 2.50 bits per heavy atom. The van der Waals surface area contributed by atoms with E-state index in [1.54, 1.807) is 14.2 Å². The van der Waals surface area contributed by atoms with Gasteiger partial charge in [-0.15, -0.1) is 0 Å². The van der Waals surface area contributed by atoms with Crippen LogP contribution < -0.4 is 9.47 Å². The Morgan fingerprint density at radius 2 is 1.88 bits per heavy atom. The zero-order chi connectivity index (χ0) is 24.9. The molecule has 4 atom stereocenters. The fourth-order valence-corrected chi connectivity index (χ4v) is 6.46. The average Bonchev–Trinajstić information content (AvgIpc) is 3.19. The maximum atomic E-state index is 10.8. The molecule has 0 bridgehead atoms. The molecule has 5 nitrogen and oxygen atoms in total. The first-order chi connectivity index (χ1) is 15.9. The molecule has 1 aliphatic carbocycles. The third kappa shape index (κ3) is 3.95. The molecule has 3 aliphatic rings. The molecule has 1 N–H and O–H groups in total. The van der Waals surface area contributed by atoms with Crippen LogP contribution in [0.2, 0.25) is 0 Å². The Kier molecular flexibility index (Phi) is 6.35. The van der Waals surface area contributed by atoms with Crippen LogP contribution in [-0.4, -0.2) is 36.8 Å². The molecule has 1 aromatic carbocycles. The van der Waals surface area contributed by atoms with Gasteiger partial charge in [-0.1, -0.05) is 31.9 Å². The van der Waals surface area contributed by atoms with E-state index in [1.165, 1.54) is 5.57 Å². The standard InChI is InChI=1S/C29H42O5/c1-19(10-11-21-16-22(31-7)15-20(2)25(21)32-8)14-23-17-27(5)12-9-13-28(27,6)29(33-23)18-24(30)26(3,4)34-29/h10,15-17,24,30H,9,11-14,18H2,1-8H3/b19-10+/t24-,27+,28+,29+/m1/s1. The summed E-state index contributed by atoms with van der Waals surface area (Å²) in [7, 11) is 3.40.